The van der Waals surface area contributed by atoms with Crippen molar-refractivity contribution in [2.75, 3.05) is 46.0 Å². The third kappa shape index (κ3) is 6.52. The van der Waals surface area contributed by atoms with Gasteiger partial charge in [0.25, 0.3) is 0 Å². The lowest BCUT2D eigenvalue weighted by atomic mass is 9.92. The van der Waals surface area contributed by atoms with E-state index in [1.807, 2.05) is 17.2 Å². The van der Waals surface area contributed by atoms with E-state index in [0.29, 0.717) is 23.7 Å². The molecule has 0 aliphatic carbocycles. The topological polar surface area (TPSA) is 83.5 Å². The molecule has 1 atom stereocenters. The molecule has 1 saturated heterocycles. The normalized spacial score (nSPS) is 19.9. The molecular weight excluding hydrogens is 488 g/mol. The summed E-state index contributed by atoms with van der Waals surface area (Å²) >= 11 is 1.47. The molecule has 37 heavy (non-hydrogen) atoms. The largest absolute Gasteiger partial charge is 0.458 e. The molecule has 1 amide bonds. The summed E-state index contributed by atoms with van der Waals surface area (Å²) in [6.07, 6.45) is 1.75. The Morgan fingerprint density at radius 3 is 2.68 bits per heavy atom. The van der Waals surface area contributed by atoms with Crippen molar-refractivity contribution < 1.29 is 19.1 Å². The summed E-state index contributed by atoms with van der Waals surface area (Å²) in [6.45, 7) is 14.5. The van der Waals surface area contributed by atoms with Gasteiger partial charge < -0.3 is 19.7 Å². The van der Waals surface area contributed by atoms with Gasteiger partial charge in [0.05, 0.1) is 36.9 Å². The second-order valence-corrected chi connectivity index (χ2v) is 10.4. The predicted molar refractivity (Wildman–Crippen MR) is 147 cm³/mol. The summed E-state index contributed by atoms with van der Waals surface area (Å²) in [5, 5.41) is 5.76. The van der Waals surface area contributed by atoms with Crippen molar-refractivity contribution in [2.24, 2.45) is 4.99 Å². The van der Waals surface area contributed by atoms with E-state index in [1.54, 1.807) is 6.08 Å². The molecule has 9 heteroatoms. The van der Waals surface area contributed by atoms with Gasteiger partial charge in [0.15, 0.2) is 5.17 Å². The second kappa shape index (κ2) is 12.6. The van der Waals surface area contributed by atoms with E-state index >= 15 is 0 Å². The van der Waals surface area contributed by atoms with Gasteiger partial charge in [0.1, 0.15) is 6.61 Å². The summed E-state index contributed by atoms with van der Waals surface area (Å²) in [5.41, 5.74) is 4.07. The maximum Gasteiger partial charge on any atom is 0.338 e. The smallest absolute Gasteiger partial charge is 0.338 e. The van der Waals surface area contributed by atoms with E-state index in [9.17, 15) is 9.59 Å². The monoisotopic (exact) mass is 524 g/mol. The lowest BCUT2D eigenvalue weighted by molar-refractivity contribution is -0.138. The molecule has 0 aromatic heterocycles. The van der Waals surface area contributed by atoms with Crippen LogP contribution in [0.25, 0.3) is 0 Å². The number of esters is 1. The van der Waals surface area contributed by atoms with Gasteiger partial charge in [-0.05, 0) is 29.4 Å². The molecule has 0 spiro atoms. The minimum Gasteiger partial charge on any atom is -0.458 e. The lowest BCUT2D eigenvalue weighted by Crippen LogP contribution is -2.42. The highest BCUT2D eigenvalue weighted by atomic mass is 32.2. The Hall–Kier alpha value is -2.88. The maximum atomic E-state index is 13.2. The number of ether oxygens (including phenoxy) is 2. The highest BCUT2D eigenvalue weighted by molar-refractivity contribution is 8.16. The number of hydrogen-bond acceptors (Lipinski definition) is 8. The van der Waals surface area contributed by atoms with Gasteiger partial charge >= 0.3 is 5.97 Å². The molecule has 3 aliphatic rings. The molecule has 1 N–H and O–H groups in total. The Balaban J connectivity index is 1.54. The molecule has 0 saturated carbocycles. The molecule has 3 heterocycles. The number of amidine groups is 1. The summed E-state index contributed by atoms with van der Waals surface area (Å²) in [4.78, 5) is 35.1. The van der Waals surface area contributed by atoms with Crippen molar-refractivity contribution in [3.63, 3.8) is 0 Å². The van der Waals surface area contributed by atoms with Crippen LogP contribution in [0.3, 0.4) is 0 Å². The van der Waals surface area contributed by atoms with Crippen LogP contribution >= 0.6 is 11.8 Å². The molecular formula is C28H36N4O4S. The maximum absolute atomic E-state index is 13.2. The van der Waals surface area contributed by atoms with E-state index < -0.39 is 12.0 Å². The zero-order valence-corrected chi connectivity index (χ0v) is 22.7. The summed E-state index contributed by atoms with van der Waals surface area (Å²) in [6, 6.07) is 7.87. The number of aliphatic imine (C=N–C) groups is 1. The Morgan fingerprint density at radius 2 is 2.00 bits per heavy atom. The molecule has 1 aromatic carbocycles. The first-order valence-electron chi connectivity index (χ1n) is 12.8. The van der Waals surface area contributed by atoms with E-state index in [1.165, 1.54) is 17.3 Å². The highest BCUT2D eigenvalue weighted by Gasteiger charge is 2.41. The molecule has 0 bridgehead atoms. The number of amides is 1. The number of thioether (sulfide) groups is 1. The lowest BCUT2D eigenvalue weighted by Gasteiger charge is -2.36. The fraction of sp³-hybridized carbons (Fsp3) is 0.464. The van der Waals surface area contributed by atoms with Crippen molar-refractivity contribution in [3.8, 4) is 0 Å². The van der Waals surface area contributed by atoms with Gasteiger partial charge in [-0.15, -0.1) is 0 Å². The van der Waals surface area contributed by atoms with E-state index in [0.717, 1.165) is 49.3 Å². The minimum absolute atomic E-state index is 0.0580. The quantitative estimate of drug-likeness (QED) is 0.367. The number of rotatable bonds is 10. The van der Waals surface area contributed by atoms with Crippen LogP contribution < -0.4 is 5.32 Å². The number of fused-ring (bicyclic) bond motifs is 1. The Morgan fingerprint density at radius 1 is 1.27 bits per heavy atom. The minimum atomic E-state index is -0.437. The average molecular weight is 525 g/mol. The van der Waals surface area contributed by atoms with Crippen LogP contribution in [0, 0.1) is 0 Å². The van der Waals surface area contributed by atoms with Crippen LogP contribution in [-0.4, -0.2) is 72.8 Å². The number of carbonyl (C=O) groups is 2. The number of benzene rings is 1. The first-order valence-corrected chi connectivity index (χ1v) is 13.7. The predicted octanol–water partition coefficient (Wildman–Crippen LogP) is 3.95. The third-order valence-corrected chi connectivity index (χ3v) is 7.56. The zero-order valence-electron chi connectivity index (χ0n) is 21.9. The second-order valence-electron chi connectivity index (χ2n) is 9.58. The Kier molecular flexibility index (Phi) is 9.23. The van der Waals surface area contributed by atoms with Crippen LogP contribution in [0.1, 0.15) is 50.3 Å². The molecule has 1 fully saturated rings. The molecule has 0 unspecified atom stereocenters. The highest BCUT2D eigenvalue weighted by Crippen LogP contribution is 2.45. The fourth-order valence-corrected chi connectivity index (χ4v) is 5.59. The van der Waals surface area contributed by atoms with Crippen molar-refractivity contribution in [1.82, 2.24) is 15.1 Å². The number of morpholine rings is 1. The number of nitrogens with one attached hydrogen (secondary N) is 1. The number of allylic oxidation sites excluding steroid dienone is 1. The summed E-state index contributed by atoms with van der Waals surface area (Å²) in [5.74, 6) is -0.0903. The van der Waals surface area contributed by atoms with Gasteiger partial charge in [-0.2, -0.15) is 0 Å². The van der Waals surface area contributed by atoms with Crippen LogP contribution in [0.15, 0.2) is 64.3 Å². The van der Waals surface area contributed by atoms with Crippen LogP contribution in [0.4, 0.5) is 0 Å². The zero-order chi connectivity index (χ0) is 26.4. The van der Waals surface area contributed by atoms with Crippen molar-refractivity contribution in [3.05, 3.63) is 70.4 Å². The van der Waals surface area contributed by atoms with Gasteiger partial charge in [-0.25, -0.2) is 9.79 Å². The summed E-state index contributed by atoms with van der Waals surface area (Å²) < 4.78 is 10.8. The van der Waals surface area contributed by atoms with Gasteiger partial charge in [0, 0.05) is 31.9 Å². The van der Waals surface area contributed by atoms with Crippen molar-refractivity contribution in [2.45, 2.75) is 39.2 Å². The standard InChI is InChI=1S/C28H36N4O4S/c1-5-14-36-27(34)25-20(4)30-28-32(26(25)22-8-6-21(7-9-22)19(2)3)23(18-37-28)17-24(33)29-10-11-31-12-15-35-16-13-31/h5-9,18-19,26H,1,10-17H2,2-4H3,(H,29,33)/t26-/m1/s1. The van der Waals surface area contributed by atoms with Crippen LogP contribution in [0.2, 0.25) is 0 Å². The molecule has 4 rings (SSSR count). The van der Waals surface area contributed by atoms with Crippen molar-refractivity contribution >= 4 is 28.8 Å². The number of nitrogens with zero attached hydrogens (tertiary/aromatic N) is 3. The van der Waals surface area contributed by atoms with Crippen LogP contribution in [0.5, 0.6) is 0 Å². The Bertz CT molecular complexity index is 1100. The number of carbonyl (C=O) groups excluding carboxylic acids is 2. The van der Waals surface area contributed by atoms with Crippen molar-refractivity contribution in [1.29, 1.82) is 0 Å². The average Bonchev–Trinajstić information content (AvgIpc) is 3.28. The SMILES string of the molecule is C=CCOC(=O)C1=C(C)N=C2SC=C(CC(=O)NCCN3CCOCC3)N2[C@@H]1c1ccc(C(C)C)cc1. The van der Waals surface area contributed by atoms with Gasteiger partial charge in [-0.3, -0.25) is 9.69 Å². The third-order valence-electron chi connectivity index (χ3n) is 6.67. The first kappa shape index (κ1) is 27.2. The molecule has 3 aliphatic heterocycles. The fourth-order valence-electron chi connectivity index (χ4n) is 4.63. The molecule has 198 valence electrons. The van der Waals surface area contributed by atoms with E-state index in [4.69, 9.17) is 14.5 Å². The Labute approximate surface area is 223 Å². The molecule has 1 aromatic rings. The van der Waals surface area contributed by atoms with Gasteiger partial charge in [0.2, 0.25) is 5.91 Å². The van der Waals surface area contributed by atoms with Gasteiger partial charge in [-0.1, -0.05) is 62.5 Å². The number of hydrogen-bond donors (Lipinski definition) is 1. The molecule has 8 nitrogen and oxygen atoms in total. The molecule has 0 radical (unpaired) electrons. The summed E-state index contributed by atoms with van der Waals surface area (Å²) in [7, 11) is 0. The first-order chi connectivity index (χ1) is 17.9. The van der Waals surface area contributed by atoms with Crippen LogP contribution in [-0.2, 0) is 19.1 Å². The van der Waals surface area contributed by atoms with E-state index in [2.05, 4.69) is 54.9 Å². The van der Waals surface area contributed by atoms with E-state index in [-0.39, 0.29) is 18.9 Å².